The third-order valence-electron chi connectivity index (χ3n) is 2.13. The maximum atomic E-state index is 11.6. The van der Waals surface area contributed by atoms with E-state index in [9.17, 15) is 9.59 Å². The van der Waals surface area contributed by atoms with Gasteiger partial charge in [-0.05, 0) is 26.1 Å². The standard InChI is InChI=1S/C12H16N2O3.2CH4/c1-9(15)10-3-5-11(6-4-10)12(16)14-8-17-7-13-2;;/h3-6,13H,7-8H2,1-2H3,(H,14,16);2*1H4. The molecule has 0 radical (unpaired) electrons. The molecule has 0 fully saturated rings. The molecule has 5 heteroatoms. The molecule has 1 aromatic carbocycles. The molecule has 1 aromatic rings. The Morgan fingerprint density at radius 3 is 2.05 bits per heavy atom. The fraction of sp³-hybridized carbons (Fsp3) is 0.429. The summed E-state index contributed by atoms with van der Waals surface area (Å²) >= 11 is 0. The fourth-order valence-corrected chi connectivity index (χ4v) is 1.23. The summed E-state index contributed by atoms with van der Waals surface area (Å²) in [5.74, 6) is -0.245. The SMILES string of the molecule is C.C.CNCOCNC(=O)c1ccc(C(C)=O)cc1. The van der Waals surface area contributed by atoms with Gasteiger partial charge >= 0.3 is 0 Å². The molecule has 2 N–H and O–H groups in total. The molecule has 0 aliphatic rings. The minimum absolute atomic E-state index is 0. The Balaban J connectivity index is 0. The Labute approximate surface area is 115 Å². The molecule has 19 heavy (non-hydrogen) atoms. The smallest absolute Gasteiger partial charge is 0.253 e. The molecule has 0 aliphatic heterocycles. The maximum Gasteiger partial charge on any atom is 0.253 e. The lowest BCUT2D eigenvalue weighted by atomic mass is 10.1. The number of ketones is 1. The van der Waals surface area contributed by atoms with Gasteiger partial charge in [0.1, 0.15) is 6.73 Å². The molecule has 0 heterocycles. The quantitative estimate of drug-likeness (QED) is 0.471. The number of carbonyl (C=O) groups is 2. The fourth-order valence-electron chi connectivity index (χ4n) is 1.23. The number of Topliss-reactive ketones (excluding diaryl/α,β-unsaturated/α-hetero) is 1. The summed E-state index contributed by atoms with van der Waals surface area (Å²) in [7, 11) is 1.75. The lowest BCUT2D eigenvalue weighted by Crippen LogP contribution is -2.28. The second-order valence-electron chi connectivity index (χ2n) is 3.49. The Hall–Kier alpha value is -1.72. The Morgan fingerprint density at radius 1 is 1.05 bits per heavy atom. The van der Waals surface area contributed by atoms with Crippen molar-refractivity contribution in [2.75, 3.05) is 20.5 Å². The maximum absolute atomic E-state index is 11.6. The van der Waals surface area contributed by atoms with Crippen LogP contribution in [0.2, 0.25) is 0 Å². The van der Waals surface area contributed by atoms with Gasteiger partial charge in [-0.15, -0.1) is 0 Å². The van der Waals surface area contributed by atoms with Crippen molar-refractivity contribution in [1.82, 2.24) is 10.6 Å². The zero-order valence-corrected chi connectivity index (χ0v) is 9.95. The Bertz CT molecular complexity index is 388. The molecule has 0 spiro atoms. The zero-order valence-electron chi connectivity index (χ0n) is 9.95. The van der Waals surface area contributed by atoms with E-state index in [-0.39, 0.29) is 33.3 Å². The first-order valence-corrected chi connectivity index (χ1v) is 5.26. The van der Waals surface area contributed by atoms with Gasteiger partial charge in [0, 0.05) is 11.1 Å². The van der Waals surface area contributed by atoms with Gasteiger partial charge in [-0.1, -0.05) is 27.0 Å². The second kappa shape index (κ2) is 10.2. The lowest BCUT2D eigenvalue weighted by Gasteiger charge is -2.06. The van der Waals surface area contributed by atoms with Crippen LogP contribution < -0.4 is 10.6 Å². The van der Waals surface area contributed by atoms with Crippen LogP contribution in [-0.2, 0) is 4.74 Å². The summed E-state index contributed by atoms with van der Waals surface area (Å²) in [6.07, 6.45) is 0. The third kappa shape index (κ3) is 6.69. The molecule has 108 valence electrons. The van der Waals surface area contributed by atoms with Crippen molar-refractivity contribution in [1.29, 1.82) is 0 Å². The molecule has 0 aliphatic carbocycles. The van der Waals surface area contributed by atoms with Crippen molar-refractivity contribution >= 4 is 11.7 Å². The lowest BCUT2D eigenvalue weighted by molar-refractivity contribution is 0.0760. The first kappa shape index (κ1) is 19.6. The largest absolute Gasteiger partial charge is 0.346 e. The molecule has 0 atom stereocenters. The normalized spacial score (nSPS) is 8.95. The van der Waals surface area contributed by atoms with Crippen LogP contribution in [0, 0.1) is 0 Å². The van der Waals surface area contributed by atoms with E-state index in [0.717, 1.165) is 0 Å². The van der Waals surface area contributed by atoms with Crippen molar-refractivity contribution in [2.45, 2.75) is 21.8 Å². The van der Waals surface area contributed by atoms with E-state index in [1.165, 1.54) is 6.92 Å². The van der Waals surface area contributed by atoms with Crippen LogP contribution in [0.1, 0.15) is 42.5 Å². The molecular weight excluding hydrogens is 244 g/mol. The molecule has 0 unspecified atom stereocenters. The highest BCUT2D eigenvalue weighted by molar-refractivity contribution is 5.97. The van der Waals surface area contributed by atoms with E-state index in [0.29, 0.717) is 17.9 Å². The number of nitrogens with one attached hydrogen (secondary N) is 2. The number of amides is 1. The average Bonchev–Trinajstić information content (AvgIpc) is 2.34. The van der Waals surface area contributed by atoms with Gasteiger partial charge in [-0.2, -0.15) is 0 Å². The summed E-state index contributed by atoms with van der Waals surface area (Å²) in [5, 5.41) is 5.39. The Morgan fingerprint density at radius 2 is 1.58 bits per heavy atom. The Kier molecular flexibility index (Phi) is 10.6. The minimum Gasteiger partial charge on any atom is -0.346 e. The van der Waals surface area contributed by atoms with E-state index >= 15 is 0 Å². The average molecular weight is 268 g/mol. The van der Waals surface area contributed by atoms with Crippen LogP contribution in [0.3, 0.4) is 0 Å². The van der Waals surface area contributed by atoms with Crippen LogP contribution in [0.25, 0.3) is 0 Å². The van der Waals surface area contributed by atoms with Crippen LogP contribution in [0.5, 0.6) is 0 Å². The van der Waals surface area contributed by atoms with Crippen LogP contribution in [0.15, 0.2) is 24.3 Å². The molecule has 0 bridgehead atoms. The second-order valence-corrected chi connectivity index (χ2v) is 3.49. The molecule has 0 aromatic heterocycles. The number of benzene rings is 1. The van der Waals surface area contributed by atoms with Gasteiger partial charge in [-0.25, -0.2) is 0 Å². The van der Waals surface area contributed by atoms with Crippen LogP contribution in [0.4, 0.5) is 0 Å². The van der Waals surface area contributed by atoms with E-state index in [1.54, 1.807) is 31.3 Å². The first-order chi connectivity index (χ1) is 8.15. The van der Waals surface area contributed by atoms with Gasteiger partial charge in [0.25, 0.3) is 5.91 Å². The summed E-state index contributed by atoms with van der Waals surface area (Å²) in [6.45, 7) is 2.01. The van der Waals surface area contributed by atoms with Gasteiger partial charge in [0.15, 0.2) is 5.78 Å². The summed E-state index contributed by atoms with van der Waals surface area (Å²) < 4.78 is 5.04. The van der Waals surface area contributed by atoms with Crippen LogP contribution in [-0.4, -0.2) is 32.2 Å². The number of hydrogen-bond donors (Lipinski definition) is 2. The van der Waals surface area contributed by atoms with E-state index < -0.39 is 0 Å². The first-order valence-electron chi connectivity index (χ1n) is 5.26. The molecule has 1 rings (SSSR count). The minimum atomic E-state index is -0.226. The van der Waals surface area contributed by atoms with Crippen molar-refractivity contribution in [3.8, 4) is 0 Å². The van der Waals surface area contributed by atoms with E-state index in [1.807, 2.05) is 0 Å². The monoisotopic (exact) mass is 268 g/mol. The third-order valence-corrected chi connectivity index (χ3v) is 2.13. The highest BCUT2D eigenvalue weighted by atomic mass is 16.5. The molecular formula is C14H24N2O3. The van der Waals surface area contributed by atoms with Gasteiger partial charge in [0.2, 0.25) is 0 Å². The van der Waals surface area contributed by atoms with Gasteiger partial charge in [0.05, 0.1) is 6.73 Å². The van der Waals surface area contributed by atoms with Crippen molar-refractivity contribution < 1.29 is 14.3 Å². The van der Waals surface area contributed by atoms with Crippen molar-refractivity contribution in [3.63, 3.8) is 0 Å². The van der Waals surface area contributed by atoms with E-state index in [2.05, 4.69) is 10.6 Å². The number of ether oxygens (including phenoxy) is 1. The van der Waals surface area contributed by atoms with Gasteiger partial charge < -0.3 is 10.1 Å². The molecule has 0 saturated carbocycles. The summed E-state index contributed by atoms with van der Waals surface area (Å²) in [5.41, 5.74) is 1.09. The summed E-state index contributed by atoms with van der Waals surface area (Å²) in [6, 6.07) is 6.49. The summed E-state index contributed by atoms with van der Waals surface area (Å²) in [4.78, 5) is 22.6. The number of carbonyl (C=O) groups excluding carboxylic acids is 2. The zero-order chi connectivity index (χ0) is 12.7. The number of rotatable bonds is 6. The highest BCUT2D eigenvalue weighted by Crippen LogP contribution is 2.04. The predicted molar refractivity (Wildman–Crippen MR) is 77.3 cm³/mol. The van der Waals surface area contributed by atoms with Crippen LogP contribution >= 0.6 is 0 Å². The topological polar surface area (TPSA) is 67.4 Å². The van der Waals surface area contributed by atoms with E-state index in [4.69, 9.17) is 4.74 Å². The highest BCUT2D eigenvalue weighted by Gasteiger charge is 2.05. The van der Waals surface area contributed by atoms with Crippen molar-refractivity contribution in [2.24, 2.45) is 0 Å². The van der Waals surface area contributed by atoms with Crippen molar-refractivity contribution in [3.05, 3.63) is 35.4 Å². The van der Waals surface area contributed by atoms with Gasteiger partial charge in [-0.3, -0.25) is 14.9 Å². The molecule has 1 amide bonds. The number of hydrogen-bond acceptors (Lipinski definition) is 4. The molecule has 5 nitrogen and oxygen atoms in total. The molecule has 0 saturated heterocycles. The predicted octanol–water partition coefficient (Wildman–Crippen LogP) is 2.04.